The highest BCUT2D eigenvalue weighted by atomic mass is 19.1. The molecule has 0 saturated heterocycles. The van der Waals surface area contributed by atoms with Crippen molar-refractivity contribution in [3.8, 4) is 0 Å². The molecule has 1 N–H and O–H groups in total. The molecule has 0 aromatic heterocycles. The number of allylic oxidation sites excluding steroid dienone is 1. The van der Waals surface area contributed by atoms with E-state index in [0.717, 1.165) is 24.0 Å². The van der Waals surface area contributed by atoms with Crippen LogP contribution in [0.4, 0.5) is 4.39 Å². The standard InChI is InChI=1S/C15H20FNO/c1-4-5-12(9-14(17)10-18-3)13-6-7-15(16)11(2)8-13/h6-9,17H,4-5,10H2,1-3H3/b12-9+,17-14?. The Morgan fingerprint density at radius 1 is 1.44 bits per heavy atom. The number of nitrogens with one attached hydrogen (secondary N) is 1. The average molecular weight is 249 g/mol. The largest absolute Gasteiger partial charge is 0.378 e. The monoisotopic (exact) mass is 249 g/mol. The number of ether oxygens (including phenoxy) is 1. The van der Waals surface area contributed by atoms with E-state index >= 15 is 0 Å². The molecule has 1 aromatic carbocycles. The van der Waals surface area contributed by atoms with Gasteiger partial charge in [-0.05, 0) is 48.3 Å². The molecule has 0 atom stereocenters. The molecule has 0 aliphatic carbocycles. The Kier molecular flexibility index (Phi) is 5.72. The average Bonchev–Trinajstić information content (AvgIpc) is 2.32. The summed E-state index contributed by atoms with van der Waals surface area (Å²) in [4.78, 5) is 0. The molecule has 0 heterocycles. The van der Waals surface area contributed by atoms with Gasteiger partial charge in [0.05, 0.1) is 12.3 Å². The first-order valence-corrected chi connectivity index (χ1v) is 6.12. The van der Waals surface area contributed by atoms with E-state index < -0.39 is 0 Å². The van der Waals surface area contributed by atoms with Crippen molar-refractivity contribution in [3.63, 3.8) is 0 Å². The third-order valence-corrected chi connectivity index (χ3v) is 2.70. The van der Waals surface area contributed by atoms with Gasteiger partial charge in [0.2, 0.25) is 0 Å². The van der Waals surface area contributed by atoms with Crippen molar-refractivity contribution in [1.82, 2.24) is 0 Å². The maximum absolute atomic E-state index is 13.2. The second-order valence-corrected chi connectivity index (χ2v) is 4.34. The first kappa shape index (κ1) is 14.6. The summed E-state index contributed by atoms with van der Waals surface area (Å²) in [5.74, 6) is -0.193. The SMILES string of the molecule is CCC/C(=C\C(=N)COC)c1ccc(F)c(C)c1. The lowest BCUT2D eigenvalue weighted by Crippen LogP contribution is -2.03. The van der Waals surface area contributed by atoms with Crippen LogP contribution in [0, 0.1) is 18.2 Å². The maximum Gasteiger partial charge on any atom is 0.126 e. The summed E-state index contributed by atoms with van der Waals surface area (Å²) in [6.07, 6.45) is 3.68. The van der Waals surface area contributed by atoms with Crippen LogP contribution in [0.5, 0.6) is 0 Å². The molecule has 1 aromatic rings. The van der Waals surface area contributed by atoms with Crippen LogP contribution in [0.3, 0.4) is 0 Å². The van der Waals surface area contributed by atoms with Crippen LogP contribution in [0.25, 0.3) is 5.57 Å². The predicted molar refractivity (Wildman–Crippen MR) is 73.6 cm³/mol. The van der Waals surface area contributed by atoms with E-state index in [1.165, 1.54) is 6.07 Å². The van der Waals surface area contributed by atoms with E-state index in [-0.39, 0.29) is 5.82 Å². The molecule has 0 aliphatic rings. The van der Waals surface area contributed by atoms with E-state index in [2.05, 4.69) is 6.92 Å². The zero-order valence-corrected chi connectivity index (χ0v) is 11.2. The second-order valence-electron chi connectivity index (χ2n) is 4.34. The third-order valence-electron chi connectivity index (χ3n) is 2.70. The van der Waals surface area contributed by atoms with Gasteiger partial charge in [-0.3, -0.25) is 0 Å². The molecule has 0 unspecified atom stereocenters. The Morgan fingerprint density at radius 3 is 2.72 bits per heavy atom. The van der Waals surface area contributed by atoms with Gasteiger partial charge < -0.3 is 10.1 Å². The summed E-state index contributed by atoms with van der Waals surface area (Å²) in [7, 11) is 1.57. The lowest BCUT2D eigenvalue weighted by atomic mass is 9.98. The Labute approximate surface area is 108 Å². The van der Waals surface area contributed by atoms with Crippen LogP contribution in [0.15, 0.2) is 24.3 Å². The molecule has 0 bridgehead atoms. The minimum Gasteiger partial charge on any atom is -0.378 e. The van der Waals surface area contributed by atoms with E-state index in [9.17, 15) is 4.39 Å². The van der Waals surface area contributed by atoms with Crippen molar-refractivity contribution in [1.29, 1.82) is 5.41 Å². The summed E-state index contributed by atoms with van der Waals surface area (Å²) in [6.45, 7) is 4.14. The zero-order chi connectivity index (χ0) is 13.5. The Morgan fingerprint density at radius 2 is 2.17 bits per heavy atom. The molecule has 0 radical (unpaired) electrons. The fourth-order valence-corrected chi connectivity index (χ4v) is 1.82. The molecular formula is C15H20FNO. The zero-order valence-electron chi connectivity index (χ0n) is 11.2. The Balaban J connectivity index is 3.03. The van der Waals surface area contributed by atoms with Gasteiger partial charge in [-0.1, -0.05) is 19.4 Å². The molecule has 0 fully saturated rings. The fraction of sp³-hybridized carbons (Fsp3) is 0.400. The fourth-order valence-electron chi connectivity index (χ4n) is 1.82. The normalized spacial score (nSPS) is 11.7. The van der Waals surface area contributed by atoms with E-state index in [4.69, 9.17) is 10.1 Å². The minimum absolute atomic E-state index is 0.193. The number of halogens is 1. The van der Waals surface area contributed by atoms with E-state index in [1.807, 2.05) is 12.1 Å². The van der Waals surface area contributed by atoms with Crippen molar-refractivity contribution in [3.05, 3.63) is 41.2 Å². The highest BCUT2D eigenvalue weighted by Gasteiger charge is 2.05. The van der Waals surface area contributed by atoms with Gasteiger partial charge in [-0.15, -0.1) is 0 Å². The molecule has 0 spiro atoms. The Hall–Kier alpha value is -1.48. The van der Waals surface area contributed by atoms with Crippen molar-refractivity contribution in [2.24, 2.45) is 0 Å². The topological polar surface area (TPSA) is 33.1 Å². The summed E-state index contributed by atoms with van der Waals surface area (Å²) in [6, 6.07) is 5.08. The van der Waals surface area contributed by atoms with Gasteiger partial charge in [0, 0.05) is 7.11 Å². The van der Waals surface area contributed by atoms with Gasteiger partial charge in [-0.25, -0.2) is 4.39 Å². The summed E-state index contributed by atoms with van der Waals surface area (Å²) < 4.78 is 18.2. The Bertz CT molecular complexity index is 452. The maximum atomic E-state index is 13.2. The number of hydrogen-bond donors (Lipinski definition) is 1. The van der Waals surface area contributed by atoms with Gasteiger partial charge >= 0.3 is 0 Å². The molecule has 3 heteroatoms. The van der Waals surface area contributed by atoms with Crippen LogP contribution in [-0.4, -0.2) is 19.4 Å². The number of benzene rings is 1. The first-order chi connectivity index (χ1) is 8.58. The highest BCUT2D eigenvalue weighted by Crippen LogP contribution is 2.22. The summed E-state index contributed by atoms with van der Waals surface area (Å²) >= 11 is 0. The van der Waals surface area contributed by atoms with Crippen LogP contribution in [-0.2, 0) is 4.74 Å². The van der Waals surface area contributed by atoms with Gasteiger partial charge in [-0.2, -0.15) is 0 Å². The second kappa shape index (κ2) is 7.07. The molecule has 98 valence electrons. The van der Waals surface area contributed by atoms with Gasteiger partial charge in [0.15, 0.2) is 0 Å². The molecule has 1 rings (SSSR count). The van der Waals surface area contributed by atoms with Crippen molar-refractivity contribution in [2.45, 2.75) is 26.7 Å². The number of hydrogen-bond acceptors (Lipinski definition) is 2. The smallest absolute Gasteiger partial charge is 0.126 e. The van der Waals surface area contributed by atoms with Gasteiger partial charge in [0.25, 0.3) is 0 Å². The van der Waals surface area contributed by atoms with Crippen molar-refractivity contribution >= 4 is 11.3 Å². The van der Waals surface area contributed by atoms with Crippen LogP contribution >= 0.6 is 0 Å². The molecule has 0 aliphatic heterocycles. The predicted octanol–water partition coefficient (Wildman–Crippen LogP) is 3.98. The molecule has 18 heavy (non-hydrogen) atoms. The van der Waals surface area contributed by atoms with Gasteiger partial charge in [0.1, 0.15) is 5.82 Å². The molecule has 0 amide bonds. The molecule has 0 saturated carbocycles. The minimum atomic E-state index is -0.193. The van der Waals surface area contributed by atoms with Crippen LogP contribution in [0.2, 0.25) is 0 Å². The molecule has 2 nitrogen and oxygen atoms in total. The van der Waals surface area contributed by atoms with Crippen molar-refractivity contribution < 1.29 is 9.13 Å². The number of rotatable bonds is 6. The lowest BCUT2D eigenvalue weighted by Gasteiger charge is -2.09. The lowest BCUT2D eigenvalue weighted by molar-refractivity contribution is 0.245. The highest BCUT2D eigenvalue weighted by molar-refractivity contribution is 5.99. The van der Waals surface area contributed by atoms with Crippen LogP contribution < -0.4 is 0 Å². The first-order valence-electron chi connectivity index (χ1n) is 6.12. The summed E-state index contributed by atoms with van der Waals surface area (Å²) in [5.41, 5.74) is 3.11. The summed E-state index contributed by atoms with van der Waals surface area (Å²) in [5, 5.41) is 7.77. The quantitative estimate of drug-likeness (QED) is 0.760. The number of methoxy groups -OCH3 is 1. The van der Waals surface area contributed by atoms with E-state index in [0.29, 0.717) is 17.9 Å². The van der Waals surface area contributed by atoms with Crippen molar-refractivity contribution in [2.75, 3.05) is 13.7 Å². The number of aryl methyl sites for hydroxylation is 1. The third kappa shape index (κ3) is 4.08. The molecular weight excluding hydrogens is 229 g/mol. The van der Waals surface area contributed by atoms with Crippen LogP contribution in [0.1, 0.15) is 30.9 Å². The van der Waals surface area contributed by atoms with E-state index in [1.54, 1.807) is 20.1 Å².